The van der Waals surface area contributed by atoms with Gasteiger partial charge >= 0.3 is 5.97 Å². The first-order chi connectivity index (χ1) is 9.63. The monoisotopic (exact) mass is 297 g/mol. The van der Waals surface area contributed by atoms with Gasteiger partial charge in [0.25, 0.3) is 0 Å². The van der Waals surface area contributed by atoms with Gasteiger partial charge in [-0.25, -0.2) is 9.18 Å². The smallest absolute Gasteiger partial charge is 0.328 e. The standard InChI is InChI=1S/C14H16FNO3S/c1-19-14(18)11-6-4-8-16(11)13(17)9-20-12-7-3-2-5-10(12)15/h2-3,5,7,11H,4,6,8-9H2,1H3. The van der Waals surface area contributed by atoms with Crippen molar-refractivity contribution in [1.82, 2.24) is 4.90 Å². The van der Waals surface area contributed by atoms with Crippen molar-refractivity contribution in [2.45, 2.75) is 23.8 Å². The van der Waals surface area contributed by atoms with Gasteiger partial charge in [-0.15, -0.1) is 11.8 Å². The van der Waals surface area contributed by atoms with E-state index in [1.54, 1.807) is 18.2 Å². The van der Waals surface area contributed by atoms with Crippen LogP contribution >= 0.6 is 11.8 Å². The Labute approximate surface area is 121 Å². The molecule has 0 radical (unpaired) electrons. The van der Waals surface area contributed by atoms with Crippen molar-refractivity contribution in [3.05, 3.63) is 30.1 Å². The Hall–Kier alpha value is -1.56. The van der Waals surface area contributed by atoms with Gasteiger partial charge < -0.3 is 9.64 Å². The van der Waals surface area contributed by atoms with E-state index in [0.717, 1.165) is 18.2 Å². The molecule has 0 spiro atoms. The van der Waals surface area contributed by atoms with Crippen LogP contribution in [-0.2, 0) is 14.3 Å². The van der Waals surface area contributed by atoms with Crippen LogP contribution in [-0.4, -0.2) is 42.2 Å². The molecular weight excluding hydrogens is 281 g/mol. The highest BCUT2D eigenvalue weighted by Gasteiger charge is 2.34. The molecule has 1 heterocycles. The molecule has 1 aromatic carbocycles. The summed E-state index contributed by atoms with van der Waals surface area (Å²) >= 11 is 1.15. The van der Waals surface area contributed by atoms with E-state index in [-0.39, 0.29) is 23.4 Å². The van der Waals surface area contributed by atoms with Crippen LogP contribution in [0.15, 0.2) is 29.2 Å². The average Bonchev–Trinajstić information content (AvgIpc) is 2.94. The minimum Gasteiger partial charge on any atom is -0.467 e. The molecule has 1 unspecified atom stereocenters. The summed E-state index contributed by atoms with van der Waals surface area (Å²) < 4.78 is 18.2. The maximum absolute atomic E-state index is 13.5. The van der Waals surface area contributed by atoms with Crippen molar-refractivity contribution in [2.24, 2.45) is 0 Å². The first-order valence-corrected chi connectivity index (χ1v) is 7.36. The molecular formula is C14H16FNO3S. The molecule has 2 rings (SSSR count). The molecule has 4 nitrogen and oxygen atoms in total. The Bertz CT molecular complexity index is 509. The summed E-state index contributed by atoms with van der Waals surface area (Å²) in [7, 11) is 1.32. The van der Waals surface area contributed by atoms with E-state index in [0.29, 0.717) is 17.9 Å². The highest BCUT2D eigenvalue weighted by molar-refractivity contribution is 8.00. The number of hydrogen-bond donors (Lipinski definition) is 0. The Kier molecular flexibility index (Phi) is 5.00. The van der Waals surface area contributed by atoms with E-state index in [1.165, 1.54) is 18.1 Å². The number of ether oxygens (including phenoxy) is 1. The third-order valence-corrected chi connectivity index (χ3v) is 4.27. The van der Waals surface area contributed by atoms with Gasteiger partial charge in [-0.1, -0.05) is 12.1 Å². The lowest BCUT2D eigenvalue weighted by atomic mass is 10.2. The van der Waals surface area contributed by atoms with Crippen molar-refractivity contribution < 1.29 is 18.7 Å². The number of methoxy groups -OCH3 is 1. The van der Waals surface area contributed by atoms with E-state index in [2.05, 4.69) is 0 Å². The number of esters is 1. The van der Waals surface area contributed by atoms with Crippen LogP contribution in [0, 0.1) is 5.82 Å². The Balaban J connectivity index is 1.95. The number of amides is 1. The molecule has 0 bridgehead atoms. The molecule has 0 saturated carbocycles. The van der Waals surface area contributed by atoms with Gasteiger partial charge in [-0.3, -0.25) is 4.79 Å². The zero-order valence-corrected chi connectivity index (χ0v) is 12.0. The second-order valence-corrected chi connectivity index (χ2v) is 5.50. The molecule has 108 valence electrons. The molecule has 0 aromatic heterocycles. The van der Waals surface area contributed by atoms with E-state index >= 15 is 0 Å². The lowest BCUT2D eigenvalue weighted by Crippen LogP contribution is -2.41. The number of nitrogens with zero attached hydrogens (tertiary/aromatic N) is 1. The first-order valence-electron chi connectivity index (χ1n) is 6.38. The zero-order valence-electron chi connectivity index (χ0n) is 11.2. The summed E-state index contributed by atoms with van der Waals surface area (Å²) in [6, 6.07) is 5.83. The minimum atomic E-state index is -0.492. The van der Waals surface area contributed by atoms with Crippen molar-refractivity contribution in [1.29, 1.82) is 0 Å². The van der Waals surface area contributed by atoms with E-state index in [9.17, 15) is 14.0 Å². The van der Waals surface area contributed by atoms with Crippen LogP contribution in [0.4, 0.5) is 4.39 Å². The number of halogens is 1. The maximum atomic E-state index is 13.5. The maximum Gasteiger partial charge on any atom is 0.328 e. The lowest BCUT2D eigenvalue weighted by molar-refractivity contribution is -0.150. The Morgan fingerprint density at radius 1 is 1.45 bits per heavy atom. The van der Waals surface area contributed by atoms with Crippen LogP contribution in [0.5, 0.6) is 0 Å². The van der Waals surface area contributed by atoms with E-state index in [1.807, 2.05) is 0 Å². The number of rotatable bonds is 4. The van der Waals surface area contributed by atoms with Crippen molar-refractivity contribution in [3.8, 4) is 0 Å². The third-order valence-electron chi connectivity index (χ3n) is 3.23. The summed E-state index contributed by atoms with van der Waals surface area (Å²) in [6.07, 6.45) is 1.42. The molecule has 0 N–H and O–H groups in total. The molecule has 1 atom stereocenters. The number of carbonyl (C=O) groups excluding carboxylic acids is 2. The van der Waals surface area contributed by atoms with E-state index in [4.69, 9.17) is 4.74 Å². The molecule has 1 saturated heterocycles. The second-order valence-electron chi connectivity index (χ2n) is 4.49. The highest BCUT2D eigenvalue weighted by Crippen LogP contribution is 2.24. The predicted octanol–water partition coefficient (Wildman–Crippen LogP) is 2.08. The highest BCUT2D eigenvalue weighted by atomic mass is 32.2. The fraction of sp³-hybridized carbons (Fsp3) is 0.429. The lowest BCUT2D eigenvalue weighted by Gasteiger charge is -2.22. The van der Waals surface area contributed by atoms with Gasteiger partial charge in [0.1, 0.15) is 11.9 Å². The van der Waals surface area contributed by atoms with Gasteiger partial charge in [0.05, 0.1) is 12.9 Å². The zero-order chi connectivity index (χ0) is 14.5. The molecule has 1 aliphatic heterocycles. The average molecular weight is 297 g/mol. The fourth-order valence-corrected chi connectivity index (χ4v) is 3.06. The Morgan fingerprint density at radius 3 is 2.90 bits per heavy atom. The van der Waals surface area contributed by atoms with Crippen molar-refractivity contribution >= 4 is 23.6 Å². The topological polar surface area (TPSA) is 46.6 Å². The van der Waals surface area contributed by atoms with Crippen LogP contribution in [0.25, 0.3) is 0 Å². The van der Waals surface area contributed by atoms with Crippen molar-refractivity contribution in [2.75, 3.05) is 19.4 Å². The fourth-order valence-electron chi connectivity index (χ4n) is 2.23. The molecule has 1 amide bonds. The number of likely N-dealkylation sites (tertiary alicyclic amines) is 1. The summed E-state index contributed by atoms with van der Waals surface area (Å²) in [5, 5.41) is 0. The predicted molar refractivity (Wildman–Crippen MR) is 73.9 cm³/mol. The van der Waals surface area contributed by atoms with Crippen LogP contribution in [0.1, 0.15) is 12.8 Å². The van der Waals surface area contributed by atoms with Gasteiger partial charge in [0.15, 0.2) is 0 Å². The van der Waals surface area contributed by atoms with E-state index < -0.39 is 6.04 Å². The molecule has 1 aliphatic rings. The summed E-state index contributed by atoms with van der Waals surface area (Å²) in [5.74, 6) is -0.761. The normalized spacial score (nSPS) is 18.1. The summed E-state index contributed by atoms with van der Waals surface area (Å²) in [4.78, 5) is 25.7. The van der Waals surface area contributed by atoms with Crippen LogP contribution < -0.4 is 0 Å². The SMILES string of the molecule is COC(=O)C1CCCN1C(=O)CSc1ccccc1F. The first kappa shape index (κ1) is 14.8. The molecule has 6 heteroatoms. The number of thioether (sulfide) groups is 1. The van der Waals surface area contributed by atoms with Gasteiger partial charge in [0.2, 0.25) is 5.91 Å². The summed E-state index contributed by atoms with van der Waals surface area (Å²) in [5.41, 5.74) is 0. The van der Waals surface area contributed by atoms with Crippen LogP contribution in [0.3, 0.4) is 0 Å². The third kappa shape index (κ3) is 3.30. The minimum absolute atomic E-state index is 0.119. The molecule has 0 aliphatic carbocycles. The van der Waals surface area contributed by atoms with Crippen molar-refractivity contribution in [3.63, 3.8) is 0 Å². The Morgan fingerprint density at radius 2 is 2.20 bits per heavy atom. The van der Waals surface area contributed by atoms with Crippen LogP contribution in [0.2, 0.25) is 0 Å². The number of hydrogen-bond acceptors (Lipinski definition) is 4. The molecule has 1 aromatic rings. The second kappa shape index (κ2) is 6.74. The largest absolute Gasteiger partial charge is 0.467 e. The van der Waals surface area contributed by atoms with Gasteiger partial charge in [-0.2, -0.15) is 0 Å². The molecule has 1 fully saturated rings. The quantitative estimate of drug-likeness (QED) is 0.630. The van der Waals surface area contributed by atoms with Gasteiger partial charge in [-0.05, 0) is 25.0 Å². The van der Waals surface area contributed by atoms with Gasteiger partial charge in [0, 0.05) is 11.4 Å². The number of benzene rings is 1. The number of carbonyl (C=O) groups is 2. The molecule has 20 heavy (non-hydrogen) atoms. The summed E-state index contributed by atoms with van der Waals surface area (Å²) in [6.45, 7) is 0.552.